The van der Waals surface area contributed by atoms with Crippen molar-refractivity contribution >= 4 is 28.5 Å². The second-order valence-corrected chi connectivity index (χ2v) is 10.8. The predicted molar refractivity (Wildman–Crippen MR) is 140 cm³/mol. The number of benzene rings is 1. The van der Waals surface area contributed by atoms with Crippen LogP contribution >= 0.6 is 0 Å². The number of nitrogens with one attached hydrogen (secondary N) is 1. The fourth-order valence-corrected chi connectivity index (χ4v) is 4.99. The molecular formula is C28H37N5O2. The summed E-state index contributed by atoms with van der Waals surface area (Å²) in [5.74, 6) is 0.936. The SMILES string of the molecule is Cc1ccc(C(=O)N2CC(C)CC(C)C2)cc1NC(=O)c1cc(C(C)C)nc2c1cnn2C(C)C. The molecule has 7 nitrogen and oxygen atoms in total. The zero-order valence-corrected chi connectivity index (χ0v) is 21.9. The van der Waals surface area contributed by atoms with Crippen molar-refractivity contribution in [3.05, 3.63) is 52.8 Å². The summed E-state index contributed by atoms with van der Waals surface area (Å²) in [6, 6.07) is 7.54. The van der Waals surface area contributed by atoms with Crippen LogP contribution in [0.5, 0.6) is 0 Å². The van der Waals surface area contributed by atoms with Crippen LogP contribution in [0.15, 0.2) is 30.5 Å². The molecule has 1 fully saturated rings. The number of anilines is 1. The highest BCUT2D eigenvalue weighted by Crippen LogP contribution is 2.27. The van der Waals surface area contributed by atoms with Gasteiger partial charge in [0.15, 0.2) is 5.65 Å². The first-order chi connectivity index (χ1) is 16.5. The monoisotopic (exact) mass is 475 g/mol. The summed E-state index contributed by atoms with van der Waals surface area (Å²) in [6.45, 7) is 16.1. The lowest BCUT2D eigenvalue weighted by Crippen LogP contribution is -2.42. The number of likely N-dealkylation sites (tertiary alicyclic amines) is 1. The van der Waals surface area contributed by atoms with Gasteiger partial charge in [0.2, 0.25) is 0 Å². The van der Waals surface area contributed by atoms with E-state index in [9.17, 15) is 9.59 Å². The molecule has 3 heterocycles. The lowest BCUT2D eigenvalue weighted by atomic mass is 9.91. The van der Waals surface area contributed by atoms with Gasteiger partial charge < -0.3 is 10.2 Å². The molecule has 2 aromatic heterocycles. The summed E-state index contributed by atoms with van der Waals surface area (Å²) in [6.07, 6.45) is 2.86. The number of piperidine rings is 1. The standard InChI is InChI=1S/C28H37N5O2/c1-16(2)24-12-22(23-13-29-33(17(3)4)26(23)30-24)27(34)31-25-11-21(9-8-20(25)7)28(35)32-14-18(5)10-19(6)15-32/h8-9,11-13,16-19H,10,14-15H2,1-7H3,(H,31,34). The quantitative estimate of drug-likeness (QED) is 0.505. The van der Waals surface area contributed by atoms with Gasteiger partial charge in [-0.2, -0.15) is 5.10 Å². The molecular weight excluding hydrogens is 438 g/mol. The molecule has 1 saturated heterocycles. The molecule has 35 heavy (non-hydrogen) atoms. The number of hydrogen-bond acceptors (Lipinski definition) is 4. The Morgan fingerprint density at radius 1 is 1.06 bits per heavy atom. The number of aryl methyl sites for hydroxylation is 1. The highest BCUT2D eigenvalue weighted by molar-refractivity contribution is 6.12. The summed E-state index contributed by atoms with van der Waals surface area (Å²) < 4.78 is 1.85. The van der Waals surface area contributed by atoms with Crippen molar-refractivity contribution in [3.8, 4) is 0 Å². The van der Waals surface area contributed by atoms with Crippen LogP contribution in [0.2, 0.25) is 0 Å². The number of hydrogen-bond donors (Lipinski definition) is 1. The lowest BCUT2D eigenvalue weighted by molar-refractivity contribution is 0.0623. The van der Waals surface area contributed by atoms with Crippen LogP contribution in [0.25, 0.3) is 11.0 Å². The third kappa shape index (κ3) is 5.09. The number of carbonyl (C=O) groups is 2. The summed E-state index contributed by atoms with van der Waals surface area (Å²) in [5.41, 5.74) is 4.25. The molecule has 0 saturated carbocycles. The van der Waals surface area contributed by atoms with Crippen LogP contribution < -0.4 is 5.32 Å². The van der Waals surface area contributed by atoms with Crippen molar-refractivity contribution in [1.29, 1.82) is 0 Å². The molecule has 1 aliphatic rings. The van der Waals surface area contributed by atoms with Crippen LogP contribution in [0.3, 0.4) is 0 Å². The van der Waals surface area contributed by atoms with Gasteiger partial charge in [0.1, 0.15) is 0 Å². The summed E-state index contributed by atoms with van der Waals surface area (Å²) in [4.78, 5) is 33.5. The molecule has 0 radical (unpaired) electrons. The Kier molecular flexibility index (Phi) is 6.97. The van der Waals surface area contributed by atoms with Gasteiger partial charge in [0.25, 0.3) is 11.8 Å². The van der Waals surface area contributed by atoms with E-state index in [1.807, 2.05) is 48.6 Å². The maximum absolute atomic E-state index is 13.5. The zero-order chi connectivity index (χ0) is 25.4. The number of aromatic nitrogens is 3. The zero-order valence-electron chi connectivity index (χ0n) is 21.9. The van der Waals surface area contributed by atoms with Crippen LogP contribution in [0.4, 0.5) is 5.69 Å². The van der Waals surface area contributed by atoms with Crippen LogP contribution in [0, 0.1) is 18.8 Å². The fourth-order valence-electron chi connectivity index (χ4n) is 4.99. The van der Waals surface area contributed by atoms with Crippen molar-refractivity contribution in [2.45, 2.75) is 66.8 Å². The van der Waals surface area contributed by atoms with E-state index < -0.39 is 0 Å². The summed E-state index contributed by atoms with van der Waals surface area (Å²) >= 11 is 0. The van der Waals surface area contributed by atoms with Crippen molar-refractivity contribution in [2.75, 3.05) is 18.4 Å². The minimum atomic E-state index is -0.226. The van der Waals surface area contributed by atoms with Gasteiger partial charge in [-0.1, -0.05) is 33.8 Å². The Labute approximate surface area is 207 Å². The van der Waals surface area contributed by atoms with Gasteiger partial charge >= 0.3 is 0 Å². The van der Waals surface area contributed by atoms with Gasteiger partial charge in [-0.3, -0.25) is 9.59 Å². The van der Waals surface area contributed by atoms with Gasteiger partial charge in [0.05, 0.1) is 17.1 Å². The van der Waals surface area contributed by atoms with Gasteiger partial charge in [-0.25, -0.2) is 9.67 Å². The Morgan fingerprint density at radius 3 is 2.37 bits per heavy atom. The largest absolute Gasteiger partial charge is 0.338 e. The number of pyridine rings is 1. The second-order valence-electron chi connectivity index (χ2n) is 10.8. The number of rotatable bonds is 5. The Balaban J connectivity index is 1.66. The normalized spacial score (nSPS) is 18.5. The van der Waals surface area contributed by atoms with Crippen LogP contribution in [-0.2, 0) is 0 Å². The van der Waals surface area contributed by atoms with Crippen molar-refractivity contribution in [3.63, 3.8) is 0 Å². The second kappa shape index (κ2) is 9.80. The van der Waals surface area contributed by atoms with Crippen molar-refractivity contribution in [1.82, 2.24) is 19.7 Å². The third-order valence-electron chi connectivity index (χ3n) is 6.80. The highest BCUT2D eigenvalue weighted by atomic mass is 16.2. The Hall–Kier alpha value is -3.22. The van der Waals surface area contributed by atoms with E-state index in [-0.39, 0.29) is 23.8 Å². The molecule has 2 atom stereocenters. The molecule has 0 aliphatic carbocycles. The highest BCUT2D eigenvalue weighted by Gasteiger charge is 2.27. The minimum Gasteiger partial charge on any atom is -0.338 e. The molecule has 7 heteroatoms. The van der Waals surface area contributed by atoms with Crippen molar-refractivity contribution in [2.24, 2.45) is 11.8 Å². The first kappa shape index (κ1) is 24.9. The molecule has 186 valence electrons. The number of amides is 2. The van der Waals surface area contributed by atoms with E-state index in [0.717, 1.165) is 36.2 Å². The number of carbonyl (C=O) groups excluding carboxylic acids is 2. The van der Waals surface area contributed by atoms with Gasteiger partial charge in [0, 0.05) is 36.1 Å². The molecule has 1 N–H and O–H groups in total. The molecule has 4 rings (SSSR count). The summed E-state index contributed by atoms with van der Waals surface area (Å²) in [5, 5.41) is 8.28. The lowest BCUT2D eigenvalue weighted by Gasteiger charge is -2.35. The van der Waals surface area contributed by atoms with E-state index in [1.165, 1.54) is 0 Å². The molecule has 0 bridgehead atoms. The van der Waals surface area contributed by atoms with E-state index in [2.05, 4.69) is 38.1 Å². The van der Waals surface area contributed by atoms with Crippen molar-refractivity contribution < 1.29 is 9.59 Å². The molecule has 3 aromatic rings. The number of fused-ring (bicyclic) bond motifs is 1. The van der Waals surface area contributed by atoms with E-state index >= 15 is 0 Å². The predicted octanol–water partition coefficient (Wildman–Crippen LogP) is 5.81. The fraction of sp³-hybridized carbons (Fsp3) is 0.500. The summed E-state index contributed by atoms with van der Waals surface area (Å²) in [7, 11) is 0. The first-order valence-corrected chi connectivity index (χ1v) is 12.6. The topological polar surface area (TPSA) is 80.1 Å². The maximum Gasteiger partial charge on any atom is 0.256 e. The van der Waals surface area contributed by atoms with Crippen LogP contribution in [0.1, 0.15) is 91.9 Å². The average Bonchev–Trinajstić information content (AvgIpc) is 3.23. The number of nitrogens with zero attached hydrogens (tertiary/aromatic N) is 4. The molecule has 1 aromatic carbocycles. The van der Waals surface area contributed by atoms with E-state index in [0.29, 0.717) is 34.3 Å². The Bertz CT molecular complexity index is 1250. The Morgan fingerprint density at radius 2 is 1.74 bits per heavy atom. The first-order valence-electron chi connectivity index (χ1n) is 12.6. The maximum atomic E-state index is 13.5. The van der Waals surface area contributed by atoms with Crippen LogP contribution in [-0.4, -0.2) is 44.6 Å². The average molecular weight is 476 g/mol. The van der Waals surface area contributed by atoms with E-state index in [1.54, 1.807) is 12.3 Å². The molecule has 0 spiro atoms. The van der Waals surface area contributed by atoms with E-state index in [4.69, 9.17) is 4.98 Å². The smallest absolute Gasteiger partial charge is 0.256 e. The van der Waals surface area contributed by atoms with Gasteiger partial charge in [-0.05, 0) is 68.7 Å². The van der Waals surface area contributed by atoms with Gasteiger partial charge in [-0.15, -0.1) is 0 Å². The minimum absolute atomic E-state index is 0.0190. The third-order valence-corrected chi connectivity index (χ3v) is 6.80. The molecule has 2 amide bonds. The molecule has 1 aliphatic heterocycles. The molecule has 2 unspecified atom stereocenters.